The van der Waals surface area contributed by atoms with Crippen molar-refractivity contribution in [3.05, 3.63) is 29.8 Å². The maximum Gasteiger partial charge on any atom is 0.471 e. The molecule has 0 saturated carbocycles. The molecule has 1 aromatic carbocycles. The van der Waals surface area contributed by atoms with Gasteiger partial charge in [0.2, 0.25) is 0 Å². The van der Waals surface area contributed by atoms with Gasteiger partial charge in [0.25, 0.3) is 0 Å². The quantitative estimate of drug-likeness (QED) is 0.908. The van der Waals surface area contributed by atoms with E-state index in [1.54, 1.807) is 24.3 Å². The number of hydrogen-bond donors (Lipinski definition) is 1. The van der Waals surface area contributed by atoms with E-state index in [0.29, 0.717) is 11.3 Å². The highest BCUT2D eigenvalue weighted by Crippen LogP contribution is 2.25. The minimum absolute atomic E-state index is 0.556. The molecule has 3 nitrogen and oxygen atoms in total. The second-order valence-corrected chi connectivity index (χ2v) is 4.31. The first-order valence-corrected chi connectivity index (χ1v) is 5.20. The van der Waals surface area contributed by atoms with Crippen LogP contribution in [-0.2, 0) is 10.3 Å². The van der Waals surface area contributed by atoms with Crippen LogP contribution < -0.4 is 10.1 Å². The number of halogens is 3. The average molecular weight is 261 g/mol. The molecule has 1 N–H and O–H groups in total. The third kappa shape index (κ3) is 3.38. The van der Waals surface area contributed by atoms with Gasteiger partial charge in [-0.05, 0) is 31.5 Å². The normalized spacial score (nSPS) is 12.1. The molecule has 6 heteroatoms. The zero-order valence-corrected chi connectivity index (χ0v) is 10.3. The summed E-state index contributed by atoms with van der Waals surface area (Å²) in [6, 6.07) is 6.46. The summed E-state index contributed by atoms with van der Waals surface area (Å²) in [6.07, 6.45) is -4.89. The molecule has 0 heterocycles. The van der Waals surface area contributed by atoms with E-state index in [2.05, 4.69) is 0 Å². The maximum absolute atomic E-state index is 12.2. The van der Waals surface area contributed by atoms with E-state index in [1.807, 2.05) is 5.32 Å². The van der Waals surface area contributed by atoms with Crippen molar-refractivity contribution in [2.24, 2.45) is 0 Å². The summed E-state index contributed by atoms with van der Waals surface area (Å²) in [7, 11) is 1.49. The number of carbonyl (C=O) groups excluding carboxylic acids is 1. The van der Waals surface area contributed by atoms with Gasteiger partial charge in [-0.1, -0.05) is 12.1 Å². The molecular weight excluding hydrogens is 247 g/mol. The Morgan fingerprint density at radius 3 is 2.06 bits per heavy atom. The van der Waals surface area contributed by atoms with Gasteiger partial charge in [-0.15, -0.1) is 0 Å². The third-order valence-electron chi connectivity index (χ3n) is 2.50. The van der Waals surface area contributed by atoms with E-state index in [1.165, 1.54) is 21.0 Å². The van der Waals surface area contributed by atoms with Crippen molar-refractivity contribution in [1.82, 2.24) is 5.32 Å². The van der Waals surface area contributed by atoms with E-state index < -0.39 is 17.6 Å². The Kier molecular flexibility index (Phi) is 3.88. The van der Waals surface area contributed by atoms with Crippen LogP contribution in [0.15, 0.2) is 24.3 Å². The fourth-order valence-electron chi connectivity index (χ4n) is 1.43. The minimum atomic E-state index is -4.89. The lowest BCUT2D eigenvalue weighted by atomic mass is 9.94. The molecule has 0 bridgehead atoms. The minimum Gasteiger partial charge on any atom is -0.497 e. The maximum atomic E-state index is 12.2. The van der Waals surface area contributed by atoms with E-state index in [9.17, 15) is 18.0 Å². The van der Waals surface area contributed by atoms with Crippen molar-refractivity contribution in [3.8, 4) is 5.75 Å². The first kappa shape index (κ1) is 14.3. The second kappa shape index (κ2) is 4.88. The van der Waals surface area contributed by atoms with Crippen LogP contribution in [0.3, 0.4) is 0 Å². The molecule has 18 heavy (non-hydrogen) atoms. The molecule has 1 aromatic rings. The Balaban J connectivity index is 2.88. The number of nitrogens with one attached hydrogen (secondary N) is 1. The fraction of sp³-hybridized carbons (Fsp3) is 0.417. The van der Waals surface area contributed by atoms with Crippen molar-refractivity contribution in [2.75, 3.05) is 7.11 Å². The summed E-state index contributed by atoms with van der Waals surface area (Å²) < 4.78 is 41.5. The van der Waals surface area contributed by atoms with Crippen molar-refractivity contribution < 1.29 is 22.7 Å². The zero-order valence-electron chi connectivity index (χ0n) is 10.3. The Labute approximate surface area is 103 Å². The summed E-state index contributed by atoms with van der Waals surface area (Å²) in [5.74, 6) is -1.36. The SMILES string of the molecule is COc1ccc(C(C)(C)NC(=O)C(F)(F)F)cc1. The molecule has 100 valence electrons. The van der Waals surface area contributed by atoms with Crippen molar-refractivity contribution >= 4 is 5.91 Å². The molecule has 0 radical (unpaired) electrons. The van der Waals surface area contributed by atoms with Gasteiger partial charge >= 0.3 is 12.1 Å². The summed E-state index contributed by atoms with van der Waals surface area (Å²) in [6.45, 7) is 3.00. The van der Waals surface area contributed by atoms with Crippen LogP contribution in [0, 0.1) is 0 Å². The number of alkyl halides is 3. The number of hydrogen-bond acceptors (Lipinski definition) is 2. The molecule has 0 aromatic heterocycles. The molecule has 0 saturated heterocycles. The van der Waals surface area contributed by atoms with Gasteiger partial charge in [-0.3, -0.25) is 4.79 Å². The number of benzene rings is 1. The van der Waals surface area contributed by atoms with Crippen molar-refractivity contribution in [1.29, 1.82) is 0 Å². The third-order valence-corrected chi connectivity index (χ3v) is 2.50. The molecule has 0 spiro atoms. The van der Waals surface area contributed by atoms with Crippen LogP contribution >= 0.6 is 0 Å². The number of ether oxygens (including phenoxy) is 1. The Bertz CT molecular complexity index is 424. The standard InChI is InChI=1S/C12H14F3NO2/c1-11(2,16-10(17)12(13,14)15)8-4-6-9(18-3)7-5-8/h4-7H,1-3H3,(H,16,17). The predicted octanol–water partition coefficient (Wildman–Crippen LogP) is 2.61. The van der Waals surface area contributed by atoms with Crippen LogP contribution in [-0.4, -0.2) is 19.2 Å². The summed E-state index contributed by atoms with van der Waals surface area (Å²) in [4.78, 5) is 10.9. The Morgan fingerprint density at radius 2 is 1.67 bits per heavy atom. The molecule has 0 unspecified atom stereocenters. The molecule has 0 aliphatic heterocycles. The van der Waals surface area contributed by atoms with Gasteiger partial charge in [-0.25, -0.2) is 0 Å². The first-order chi connectivity index (χ1) is 8.16. The average Bonchev–Trinajstić information content (AvgIpc) is 2.27. The largest absolute Gasteiger partial charge is 0.497 e. The molecule has 0 aliphatic carbocycles. The summed E-state index contributed by atoms with van der Waals surface area (Å²) in [5.41, 5.74) is -0.556. The first-order valence-electron chi connectivity index (χ1n) is 5.20. The van der Waals surface area contributed by atoms with Crippen LogP contribution in [0.1, 0.15) is 19.4 Å². The lowest BCUT2D eigenvalue weighted by molar-refractivity contribution is -0.175. The molecule has 0 fully saturated rings. The fourth-order valence-corrected chi connectivity index (χ4v) is 1.43. The van der Waals surface area contributed by atoms with Crippen LogP contribution in [0.25, 0.3) is 0 Å². The van der Waals surface area contributed by atoms with Gasteiger partial charge in [0.1, 0.15) is 5.75 Å². The molecule has 0 aliphatic rings. The number of amides is 1. The van der Waals surface area contributed by atoms with E-state index >= 15 is 0 Å². The van der Waals surface area contributed by atoms with Gasteiger partial charge in [-0.2, -0.15) is 13.2 Å². The van der Waals surface area contributed by atoms with Gasteiger partial charge in [0.15, 0.2) is 0 Å². The highest BCUT2D eigenvalue weighted by atomic mass is 19.4. The lowest BCUT2D eigenvalue weighted by Gasteiger charge is -2.27. The number of carbonyl (C=O) groups is 1. The molecule has 0 atom stereocenters. The van der Waals surface area contributed by atoms with Crippen LogP contribution in [0.4, 0.5) is 13.2 Å². The topological polar surface area (TPSA) is 38.3 Å². The molecular formula is C12H14F3NO2. The van der Waals surface area contributed by atoms with Crippen molar-refractivity contribution in [3.63, 3.8) is 0 Å². The van der Waals surface area contributed by atoms with Gasteiger partial charge in [0, 0.05) is 0 Å². The monoisotopic (exact) mass is 261 g/mol. The number of rotatable bonds is 3. The van der Waals surface area contributed by atoms with E-state index in [-0.39, 0.29) is 0 Å². The van der Waals surface area contributed by atoms with Crippen molar-refractivity contribution in [2.45, 2.75) is 25.6 Å². The highest BCUT2D eigenvalue weighted by molar-refractivity contribution is 5.82. The second-order valence-electron chi connectivity index (χ2n) is 4.31. The summed E-state index contributed by atoms with van der Waals surface area (Å²) in [5, 5.41) is 1.95. The predicted molar refractivity (Wildman–Crippen MR) is 60.2 cm³/mol. The number of methoxy groups -OCH3 is 1. The highest BCUT2D eigenvalue weighted by Gasteiger charge is 2.41. The van der Waals surface area contributed by atoms with E-state index in [4.69, 9.17) is 4.74 Å². The zero-order chi connectivity index (χ0) is 14.0. The van der Waals surface area contributed by atoms with Crippen LogP contribution in [0.5, 0.6) is 5.75 Å². The van der Waals surface area contributed by atoms with Crippen LogP contribution in [0.2, 0.25) is 0 Å². The Hall–Kier alpha value is -1.72. The van der Waals surface area contributed by atoms with Gasteiger partial charge in [0.05, 0.1) is 12.6 Å². The molecule has 1 rings (SSSR count). The smallest absolute Gasteiger partial charge is 0.471 e. The van der Waals surface area contributed by atoms with E-state index in [0.717, 1.165) is 0 Å². The lowest BCUT2D eigenvalue weighted by Crippen LogP contribution is -2.47. The Morgan fingerprint density at radius 1 is 1.17 bits per heavy atom. The van der Waals surface area contributed by atoms with Gasteiger partial charge < -0.3 is 10.1 Å². The molecule has 1 amide bonds. The summed E-state index contributed by atoms with van der Waals surface area (Å²) >= 11 is 0.